The van der Waals surface area contributed by atoms with E-state index in [1.165, 1.54) is 0 Å². The lowest BCUT2D eigenvalue weighted by Gasteiger charge is -2.03. The minimum atomic E-state index is 0.0837. The van der Waals surface area contributed by atoms with Crippen molar-refractivity contribution in [2.45, 2.75) is 6.42 Å². The maximum Gasteiger partial charge on any atom is 0.165 e. The highest BCUT2D eigenvalue weighted by Gasteiger charge is 2.10. The third-order valence-corrected chi connectivity index (χ3v) is 4.26. The topological polar surface area (TPSA) is 17.1 Å². The molecule has 1 rings (SSSR count). The molecule has 0 unspecified atom stereocenters. The summed E-state index contributed by atoms with van der Waals surface area (Å²) in [6, 6.07) is 5.62. The van der Waals surface area contributed by atoms with Crippen molar-refractivity contribution in [3.63, 3.8) is 0 Å². The minimum absolute atomic E-state index is 0.0837. The van der Waals surface area contributed by atoms with Crippen molar-refractivity contribution in [1.29, 1.82) is 0 Å². The highest BCUT2D eigenvalue weighted by Crippen LogP contribution is 2.24. The standard InChI is InChI=1S/C9H7BrClIO/c10-9-6(8(13)4-5-11)2-1-3-7(9)12/h1-3H,4-5H2. The van der Waals surface area contributed by atoms with Crippen LogP contribution in [-0.4, -0.2) is 11.7 Å². The molecule has 0 spiro atoms. The van der Waals surface area contributed by atoms with E-state index in [2.05, 4.69) is 38.5 Å². The van der Waals surface area contributed by atoms with Crippen LogP contribution in [0.2, 0.25) is 0 Å². The fourth-order valence-electron chi connectivity index (χ4n) is 0.940. The Labute approximate surface area is 104 Å². The number of carbonyl (C=O) groups is 1. The molecule has 0 aliphatic heterocycles. The zero-order chi connectivity index (χ0) is 9.84. The fraction of sp³-hybridized carbons (Fsp3) is 0.222. The Hall–Kier alpha value is 0.390. The van der Waals surface area contributed by atoms with Crippen molar-refractivity contribution in [2.24, 2.45) is 0 Å². The molecule has 0 amide bonds. The first-order valence-electron chi connectivity index (χ1n) is 3.70. The van der Waals surface area contributed by atoms with Gasteiger partial charge >= 0.3 is 0 Å². The molecule has 0 aromatic heterocycles. The van der Waals surface area contributed by atoms with E-state index < -0.39 is 0 Å². The van der Waals surface area contributed by atoms with E-state index in [0.717, 1.165) is 8.04 Å². The third-order valence-electron chi connectivity index (χ3n) is 1.57. The Morgan fingerprint density at radius 1 is 1.54 bits per heavy atom. The van der Waals surface area contributed by atoms with Crippen molar-refractivity contribution in [3.8, 4) is 0 Å². The monoisotopic (exact) mass is 372 g/mol. The summed E-state index contributed by atoms with van der Waals surface area (Å²) in [6.45, 7) is 0. The molecule has 13 heavy (non-hydrogen) atoms. The minimum Gasteiger partial charge on any atom is -0.294 e. The van der Waals surface area contributed by atoms with Crippen LogP contribution in [0.1, 0.15) is 16.8 Å². The summed E-state index contributed by atoms with van der Waals surface area (Å²) in [5.74, 6) is 0.455. The lowest BCUT2D eigenvalue weighted by molar-refractivity contribution is 0.0988. The molecule has 0 fully saturated rings. The van der Waals surface area contributed by atoms with Crippen molar-refractivity contribution in [3.05, 3.63) is 31.8 Å². The summed E-state index contributed by atoms with van der Waals surface area (Å²) >= 11 is 11.1. The predicted molar refractivity (Wildman–Crippen MR) is 66.5 cm³/mol. The van der Waals surface area contributed by atoms with E-state index in [-0.39, 0.29) is 5.78 Å². The number of ketones is 1. The molecule has 4 heteroatoms. The van der Waals surface area contributed by atoms with E-state index in [1.807, 2.05) is 12.1 Å². The van der Waals surface area contributed by atoms with E-state index >= 15 is 0 Å². The van der Waals surface area contributed by atoms with Gasteiger partial charge in [-0.05, 0) is 44.6 Å². The van der Waals surface area contributed by atoms with Crippen LogP contribution < -0.4 is 0 Å². The maximum atomic E-state index is 11.5. The molecule has 0 N–H and O–H groups in total. The van der Waals surface area contributed by atoms with Gasteiger partial charge in [0.2, 0.25) is 0 Å². The Balaban J connectivity index is 3.01. The first-order valence-corrected chi connectivity index (χ1v) is 6.10. The molecule has 0 heterocycles. The molecular weight excluding hydrogens is 366 g/mol. The largest absolute Gasteiger partial charge is 0.294 e. The molecule has 0 saturated heterocycles. The van der Waals surface area contributed by atoms with E-state index in [4.69, 9.17) is 11.6 Å². The molecule has 70 valence electrons. The lowest BCUT2D eigenvalue weighted by atomic mass is 10.1. The number of rotatable bonds is 3. The van der Waals surface area contributed by atoms with Crippen LogP contribution in [0.4, 0.5) is 0 Å². The Kier molecular flexibility index (Phi) is 4.69. The summed E-state index contributed by atoms with van der Waals surface area (Å²) < 4.78 is 1.91. The number of Topliss-reactive ketones (excluding diaryl/α,β-unsaturated/α-hetero) is 1. The number of hydrogen-bond acceptors (Lipinski definition) is 1. The molecule has 0 atom stereocenters. The van der Waals surface area contributed by atoms with Gasteiger partial charge in [-0.3, -0.25) is 4.79 Å². The Morgan fingerprint density at radius 2 is 2.23 bits per heavy atom. The normalized spacial score (nSPS) is 10.1. The van der Waals surface area contributed by atoms with Crippen molar-refractivity contribution >= 4 is 55.9 Å². The van der Waals surface area contributed by atoms with Gasteiger partial charge in [-0.15, -0.1) is 11.6 Å². The Bertz CT molecular complexity index is 327. The summed E-state index contributed by atoms with van der Waals surface area (Å²) in [7, 11) is 0. The first-order chi connectivity index (χ1) is 6.16. The molecule has 0 aliphatic rings. The highest BCUT2D eigenvalue weighted by molar-refractivity contribution is 14.1. The van der Waals surface area contributed by atoms with Gasteiger partial charge in [0.15, 0.2) is 5.78 Å². The average Bonchev–Trinajstić information content (AvgIpc) is 2.10. The molecule has 0 radical (unpaired) electrons. The zero-order valence-corrected chi connectivity index (χ0v) is 11.2. The lowest BCUT2D eigenvalue weighted by Crippen LogP contribution is -2.01. The van der Waals surface area contributed by atoms with Crippen LogP contribution in [-0.2, 0) is 0 Å². The van der Waals surface area contributed by atoms with Crippen LogP contribution in [0.5, 0.6) is 0 Å². The first kappa shape index (κ1) is 11.5. The second-order valence-corrected chi connectivity index (χ2v) is 4.80. The van der Waals surface area contributed by atoms with Crippen molar-refractivity contribution in [1.82, 2.24) is 0 Å². The molecule has 1 aromatic carbocycles. The zero-order valence-electron chi connectivity index (χ0n) is 6.69. The average molecular weight is 373 g/mol. The molecule has 0 bridgehead atoms. The smallest absolute Gasteiger partial charge is 0.165 e. The summed E-state index contributed by atoms with van der Waals surface area (Å²) in [5.41, 5.74) is 0.715. The fourth-order valence-corrected chi connectivity index (χ4v) is 2.09. The van der Waals surface area contributed by atoms with Crippen LogP contribution >= 0.6 is 50.1 Å². The highest BCUT2D eigenvalue weighted by atomic mass is 127. The van der Waals surface area contributed by atoms with Gasteiger partial charge in [0.1, 0.15) is 0 Å². The predicted octanol–water partition coefficient (Wildman–Crippen LogP) is 3.87. The number of halogens is 3. The molecule has 1 aromatic rings. The summed E-state index contributed by atoms with van der Waals surface area (Å²) in [6.07, 6.45) is 0.389. The van der Waals surface area contributed by atoms with E-state index in [1.54, 1.807) is 6.07 Å². The summed E-state index contributed by atoms with van der Waals surface area (Å²) in [5, 5.41) is 0. The van der Waals surface area contributed by atoms with Crippen molar-refractivity contribution in [2.75, 3.05) is 5.88 Å². The molecular formula is C9H7BrClIO. The Morgan fingerprint density at radius 3 is 2.85 bits per heavy atom. The SMILES string of the molecule is O=C(CCCl)c1cccc(I)c1Br. The van der Waals surface area contributed by atoms with Crippen molar-refractivity contribution < 1.29 is 4.79 Å². The van der Waals surface area contributed by atoms with Gasteiger partial charge in [-0.2, -0.15) is 0 Å². The van der Waals surface area contributed by atoms with Gasteiger partial charge in [0.25, 0.3) is 0 Å². The molecule has 1 nitrogen and oxygen atoms in total. The molecule has 0 saturated carbocycles. The maximum absolute atomic E-state index is 11.5. The quantitative estimate of drug-likeness (QED) is 0.447. The van der Waals surface area contributed by atoms with Crippen LogP contribution in [0.15, 0.2) is 22.7 Å². The number of alkyl halides is 1. The van der Waals surface area contributed by atoms with Gasteiger partial charge in [-0.25, -0.2) is 0 Å². The third kappa shape index (κ3) is 2.92. The second kappa shape index (κ2) is 5.32. The number of carbonyl (C=O) groups excluding carboxylic acids is 1. The van der Waals surface area contributed by atoms with E-state index in [0.29, 0.717) is 17.9 Å². The summed E-state index contributed by atoms with van der Waals surface area (Å²) in [4.78, 5) is 11.5. The van der Waals surface area contributed by atoms with Gasteiger partial charge < -0.3 is 0 Å². The van der Waals surface area contributed by atoms with Gasteiger partial charge in [0.05, 0.1) is 0 Å². The van der Waals surface area contributed by atoms with Crippen LogP contribution in [0.3, 0.4) is 0 Å². The second-order valence-electron chi connectivity index (χ2n) is 2.46. The number of benzene rings is 1. The number of hydrogen-bond donors (Lipinski definition) is 0. The van der Waals surface area contributed by atoms with Crippen LogP contribution in [0.25, 0.3) is 0 Å². The van der Waals surface area contributed by atoms with Gasteiger partial charge in [-0.1, -0.05) is 12.1 Å². The molecule has 0 aliphatic carbocycles. The van der Waals surface area contributed by atoms with Crippen LogP contribution in [0, 0.1) is 3.57 Å². The van der Waals surface area contributed by atoms with E-state index in [9.17, 15) is 4.79 Å². The van der Waals surface area contributed by atoms with Gasteiger partial charge in [0, 0.05) is 25.9 Å².